The molecule has 1 N–H and O–H groups in total. The molecular weight excluding hydrogens is 196 g/mol. The van der Waals surface area contributed by atoms with E-state index in [2.05, 4.69) is 55.5 Å². The second kappa shape index (κ2) is 4.88. The quantitative estimate of drug-likeness (QED) is 0.816. The van der Waals surface area contributed by atoms with Crippen molar-refractivity contribution < 1.29 is 0 Å². The number of nitrogens with zero attached hydrogens (tertiary/aromatic N) is 1. The minimum Gasteiger partial charge on any atom is -0.378 e. The largest absolute Gasteiger partial charge is 0.378 e. The summed E-state index contributed by atoms with van der Waals surface area (Å²) in [4.78, 5) is 2.15. The zero-order chi connectivity index (χ0) is 11.5. The SMILES string of the molecule is CCNCC1CC1c1ccc(N(C)C)cc1. The molecule has 2 nitrogen and oxygen atoms in total. The molecule has 0 radical (unpaired) electrons. The van der Waals surface area contributed by atoms with Gasteiger partial charge in [-0.1, -0.05) is 19.1 Å². The van der Waals surface area contributed by atoms with E-state index >= 15 is 0 Å². The molecule has 0 heterocycles. The monoisotopic (exact) mass is 218 g/mol. The van der Waals surface area contributed by atoms with E-state index in [9.17, 15) is 0 Å². The van der Waals surface area contributed by atoms with Crippen molar-refractivity contribution in [2.75, 3.05) is 32.1 Å². The van der Waals surface area contributed by atoms with Gasteiger partial charge in [-0.15, -0.1) is 0 Å². The molecule has 0 aliphatic heterocycles. The molecule has 0 spiro atoms. The molecule has 0 aromatic heterocycles. The molecule has 2 atom stereocenters. The zero-order valence-electron chi connectivity index (χ0n) is 10.5. The standard InChI is InChI=1S/C14H22N2/c1-4-15-10-12-9-14(12)11-5-7-13(8-6-11)16(2)3/h5-8,12,14-15H,4,9-10H2,1-3H3. The molecule has 2 rings (SSSR count). The van der Waals surface area contributed by atoms with Gasteiger partial charge in [0.2, 0.25) is 0 Å². The van der Waals surface area contributed by atoms with E-state index in [0.29, 0.717) is 0 Å². The summed E-state index contributed by atoms with van der Waals surface area (Å²) in [6.07, 6.45) is 1.36. The van der Waals surface area contributed by atoms with Gasteiger partial charge in [0, 0.05) is 19.8 Å². The molecule has 1 aromatic carbocycles. The summed E-state index contributed by atoms with van der Waals surface area (Å²) in [6.45, 7) is 4.43. The normalized spacial score (nSPS) is 23.2. The molecule has 88 valence electrons. The second-order valence-electron chi connectivity index (χ2n) is 4.90. The van der Waals surface area contributed by atoms with E-state index in [1.165, 1.54) is 24.2 Å². The average molecular weight is 218 g/mol. The summed E-state index contributed by atoms with van der Waals surface area (Å²) in [5.41, 5.74) is 2.79. The van der Waals surface area contributed by atoms with E-state index in [1.54, 1.807) is 0 Å². The molecular formula is C14H22N2. The van der Waals surface area contributed by atoms with Gasteiger partial charge in [0.1, 0.15) is 0 Å². The Balaban J connectivity index is 1.92. The summed E-state index contributed by atoms with van der Waals surface area (Å²) in [6, 6.07) is 9.01. The van der Waals surface area contributed by atoms with Gasteiger partial charge >= 0.3 is 0 Å². The Morgan fingerprint density at radius 2 is 1.94 bits per heavy atom. The Bertz CT molecular complexity index is 329. The first-order chi connectivity index (χ1) is 7.72. The van der Waals surface area contributed by atoms with Crippen LogP contribution in [0.2, 0.25) is 0 Å². The number of hydrogen-bond donors (Lipinski definition) is 1. The van der Waals surface area contributed by atoms with E-state index in [-0.39, 0.29) is 0 Å². The van der Waals surface area contributed by atoms with Crippen LogP contribution >= 0.6 is 0 Å². The molecule has 1 aliphatic carbocycles. The van der Waals surface area contributed by atoms with Crippen molar-refractivity contribution >= 4 is 5.69 Å². The first kappa shape index (κ1) is 11.5. The van der Waals surface area contributed by atoms with Gasteiger partial charge in [-0.25, -0.2) is 0 Å². The van der Waals surface area contributed by atoms with Crippen LogP contribution in [0.4, 0.5) is 5.69 Å². The van der Waals surface area contributed by atoms with Gasteiger partial charge in [0.05, 0.1) is 0 Å². The Morgan fingerprint density at radius 3 is 2.50 bits per heavy atom. The van der Waals surface area contributed by atoms with Crippen LogP contribution in [0.25, 0.3) is 0 Å². The van der Waals surface area contributed by atoms with Gasteiger partial charge in [-0.2, -0.15) is 0 Å². The van der Waals surface area contributed by atoms with Crippen molar-refractivity contribution in [3.63, 3.8) is 0 Å². The Labute approximate surface area is 98.7 Å². The topological polar surface area (TPSA) is 15.3 Å². The molecule has 0 saturated heterocycles. The van der Waals surface area contributed by atoms with Gasteiger partial charge in [-0.3, -0.25) is 0 Å². The Kier molecular flexibility index (Phi) is 3.49. The van der Waals surface area contributed by atoms with Gasteiger partial charge < -0.3 is 10.2 Å². The Morgan fingerprint density at radius 1 is 1.25 bits per heavy atom. The van der Waals surface area contributed by atoms with Gasteiger partial charge in [0.25, 0.3) is 0 Å². The Hall–Kier alpha value is -1.02. The van der Waals surface area contributed by atoms with Crippen LogP contribution < -0.4 is 10.2 Å². The maximum atomic E-state index is 3.43. The summed E-state index contributed by atoms with van der Waals surface area (Å²) in [5.74, 6) is 1.67. The highest BCUT2D eigenvalue weighted by molar-refractivity contribution is 5.47. The predicted molar refractivity (Wildman–Crippen MR) is 70.2 cm³/mol. The van der Waals surface area contributed by atoms with Crippen LogP contribution in [0.15, 0.2) is 24.3 Å². The summed E-state index contributed by atoms with van der Waals surface area (Å²) < 4.78 is 0. The van der Waals surface area contributed by atoms with Crippen molar-refractivity contribution in [2.45, 2.75) is 19.3 Å². The molecule has 2 heteroatoms. The second-order valence-corrected chi connectivity index (χ2v) is 4.90. The third-order valence-electron chi connectivity index (χ3n) is 3.42. The number of hydrogen-bond acceptors (Lipinski definition) is 2. The fourth-order valence-corrected chi connectivity index (χ4v) is 2.23. The highest BCUT2D eigenvalue weighted by Crippen LogP contribution is 2.47. The highest BCUT2D eigenvalue weighted by Gasteiger charge is 2.37. The summed E-state index contributed by atoms with van der Waals surface area (Å²) in [5, 5.41) is 3.43. The number of nitrogens with one attached hydrogen (secondary N) is 1. The van der Waals surface area contributed by atoms with E-state index in [4.69, 9.17) is 0 Å². The van der Waals surface area contributed by atoms with Crippen molar-refractivity contribution in [2.24, 2.45) is 5.92 Å². The first-order valence-corrected chi connectivity index (χ1v) is 6.20. The highest BCUT2D eigenvalue weighted by atomic mass is 15.1. The lowest BCUT2D eigenvalue weighted by Gasteiger charge is -2.12. The summed E-state index contributed by atoms with van der Waals surface area (Å²) >= 11 is 0. The predicted octanol–water partition coefficient (Wildman–Crippen LogP) is 2.47. The lowest BCUT2D eigenvalue weighted by atomic mass is 10.1. The fourth-order valence-electron chi connectivity index (χ4n) is 2.23. The number of rotatable bonds is 5. The van der Waals surface area contributed by atoms with Crippen LogP contribution in [0.1, 0.15) is 24.8 Å². The summed E-state index contributed by atoms with van der Waals surface area (Å²) in [7, 11) is 4.17. The van der Waals surface area contributed by atoms with Crippen LogP contribution in [0, 0.1) is 5.92 Å². The van der Waals surface area contributed by atoms with E-state index in [0.717, 1.165) is 18.4 Å². The number of benzene rings is 1. The molecule has 0 amide bonds. The molecule has 1 fully saturated rings. The molecule has 2 unspecified atom stereocenters. The molecule has 0 bridgehead atoms. The molecule has 1 aromatic rings. The van der Waals surface area contributed by atoms with E-state index in [1.807, 2.05) is 0 Å². The lowest BCUT2D eigenvalue weighted by Crippen LogP contribution is -2.16. The van der Waals surface area contributed by atoms with Crippen molar-refractivity contribution in [3.05, 3.63) is 29.8 Å². The average Bonchev–Trinajstić information content (AvgIpc) is 3.06. The van der Waals surface area contributed by atoms with Crippen LogP contribution in [-0.2, 0) is 0 Å². The minimum atomic E-state index is 0.801. The van der Waals surface area contributed by atoms with Crippen LogP contribution in [-0.4, -0.2) is 27.2 Å². The molecule has 1 saturated carbocycles. The lowest BCUT2D eigenvalue weighted by molar-refractivity contribution is 0.649. The minimum absolute atomic E-state index is 0.801. The van der Waals surface area contributed by atoms with Crippen LogP contribution in [0.3, 0.4) is 0 Å². The maximum Gasteiger partial charge on any atom is 0.0361 e. The van der Waals surface area contributed by atoms with Gasteiger partial charge in [0.15, 0.2) is 0 Å². The third-order valence-corrected chi connectivity index (χ3v) is 3.42. The van der Waals surface area contributed by atoms with E-state index < -0.39 is 0 Å². The van der Waals surface area contributed by atoms with Crippen molar-refractivity contribution in [3.8, 4) is 0 Å². The van der Waals surface area contributed by atoms with Crippen molar-refractivity contribution in [1.29, 1.82) is 0 Å². The smallest absolute Gasteiger partial charge is 0.0361 e. The fraction of sp³-hybridized carbons (Fsp3) is 0.571. The molecule has 16 heavy (non-hydrogen) atoms. The maximum absolute atomic E-state index is 3.43. The zero-order valence-corrected chi connectivity index (χ0v) is 10.5. The number of anilines is 1. The van der Waals surface area contributed by atoms with Crippen LogP contribution in [0.5, 0.6) is 0 Å². The molecule has 1 aliphatic rings. The first-order valence-electron chi connectivity index (χ1n) is 6.20. The third kappa shape index (κ3) is 2.56. The van der Waals surface area contributed by atoms with Gasteiger partial charge in [-0.05, 0) is 49.0 Å². The van der Waals surface area contributed by atoms with Crippen molar-refractivity contribution in [1.82, 2.24) is 5.32 Å².